The Morgan fingerprint density at radius 2 is 1.78 bits per heavy atom. The van der Waals surface area contributed by atoms with Gasteiger partial charge in [0.25, 0.3) is 0 Å². The molecule has 2 unspecified atom stereocenters. The molecule has 1 amide bonds. The van der Waals surface area contributed by atoms with Gasteiger partial charge in [-0.15, -0.1) is 0 Å². The average molecular weight is 388 g/mol. The van der Waals surface area contributed by atoms with Crippen molar-refractivity contribution in [1.82, 2.24) is 5.32 Å². The van der Waals surface area contributed by atoms with Crippen molar-refractivity contribution in [3.63, 3.8) is 0 Å². The molecule has 0 aliphatic carbocycles. The van der Waals surface area contributed by atoms with E-state index in [1.54, 1.807) is 20.8 Å². The Balaban J connectivity index is 2.59. The monoisotopic (exact) mass is 387 g/mol. The van der Waals surface area contributed by atoms with Gasteiger partial charge in [-0.05, 0) is 69.9 Å². The van der Waals surface area contributed by atoms with Gasteiger partial charge in [0.15, 0.2) is 0 Å². The van der Waals surface area contributed by atoms with Gasteiger partial charge in [-0.25, -0.2) is 4.79 Å². The van der Waals surface area contributed by atoms with Crippen molar-refractivity contribution in [3.8, 4) is 0 Å². The van der Waals surface area contributed by atoms with Crippen LogP contribution in [0.4, 0.5) is 4.79 Å². The summed E-state index contributed by atoms with van der Waals surface area (Å²) in [6, 6.07) is 3.80. The topological polar surface area (TPSA) is 78.8 Å². The van der Waals surface area contributed by atoms with Gasteiger partial charge in [-0.1, -0.05) is 15.9 Å². The first-order valence-electron chi connectivity index (χ1n) is 7.61. The van der Waals surface area contributed by atoms with Gasteiger partial charge in [0.1, 0.15) is 11.7 Å². The van der Waals surface area contributed by atoms with Gasteiger partial charge in [0.2, 0.25) is 0 Å². The molecule has 0 bridgehead atoms. The number of carbonyl (C=O) groups is 1. The van der Waals surface area contributed by atoms with E-state index in [1.165, 1.54) is 0 Å². The number of carbonyl (C=O) groups excluding carboxylic acids is 1. The molecule has 0 radical (unpaired) electrons. The molecular weight excluding hydrogens is 362 g/mol. The number of amides is 1. The van der Waals surface area contributed by atoms with Gasteiger partial charge in [-0.2, -0.15) is 0 Å². The Morgan fingerprint density at radius 1 is 1.26 bits per heavy atom. The molecule has 0 saturated heterocycles. The third kappa shape index (κ3) is 6.49. The highest BCUT2D eigenvalue weighted by molar-refractivity contribution is 9.10. The summed E-state index contributed by atoms with van der Waals surface area (Å²) in [6.45, 7) is 9.35. The van der Waals surface area contributed by atoms with Gasteiger partial charge in [0.05, 0.1) is 6.10 Å². The van der Waals surface area contributed by atoms with Gasteiger partial charge >= 0.3 is 6.09 Å². The zero-order valence-electron chi connectivity index (χ0n) is 14.3. The molecule has 0 aliphatic rings. The maximum Gasteiger partial charge on any atom is 0.407 e. The van der Waals surface area contributed by atoms with Crippen LogP contribution in [0.5, 0.6) is 0 Å². The van der Waals surface area contributed by atoms with Crippen molar-refractivity contribution >= 4 is 22.0 Å². The standard InChI is InChI=1S/C17H26BrNO4/c1-10-8-12(18)9-11(2)14(10)15(21)13(20)6-7-19-16(22)23-17(3,4)5/h8-9,13,15,20-21H,6-7H2,1-5H3,(H,19,22). The molecule has 1 aromatic carbocycles. The van der Waals surface area contributed by atoms with Crippen molar-refractivity contribution in [2.75, 3.05) is 6.54 Å². The Labute approximate surface area is 146 Å². The van der Waals surface area contributed by atoms with Crippen LogP contribution in [0.3, 0.4) is 0 Å². The van der Waals surface area contributed by atoms with Gasteiger partial charge < -0.3 is 20.3 Å². The lowest BCUT2D eigenvalue weighted by atomic mass is 9.94. The molecule has 1 aromatic rings. The number of nitrogens with one attached hydrogen (secondary N) is 1. The number of hydrogen-bond acceptors (Lipinski definition) is 4. The third-order valence-electron chi connectivity index (χ3n) is 3.33. The van der Waals surface area contributed by atoms with E-state index in [4.69, 9.17) is 4.74 Å². The van der Waals surface area contributed by atoms with Crippen molar-refractivity contribution < 1.29 is 19.7 Å². The average Bonchev–Trinajstić information content (AvgIpc) is 2.34. The van der Waals surface area contributed by atoms with Crippen molar-refractivity contribution in [2.24, 2.45) is 0 Å². The first-order chi connectivity index (χ1) is 10.5. The van der Waals surface area contributed by atoms with E-state index < -0.39 is 23.9 Å². The normalized spacial score (nSPS) is 14.3. The SMILES string of the molecule is Cc1cc(Br)cc(C)c1C(O)C(O)CCNC(=O)OC(C)(C)C. The second-order valence-corrected chi connectivity index (χ2v) is 7.60. The number of aliphatic hydroxyl groups excluding tert-OH is 2. The highest BCUT2D eigenvalue weighted by Gasteiger charge is 2.22. The van der Waals surface area contributed by atoms with Gasteiger partial charge in [-0.3, -0.25) is 0 Å². The number of alkyl carbamates (subject to hydrolysis) is 1. The molecule has 0 heterocycles. The molecule has 130 valence electrons. The number of halogens is 1. The summed E-state index contributed by atoms with van der Waals surface area (Å²) in [4.78, 5) is 11.5. The fourth-order valence-electron chi connectivity index (χ4n) is 2.37. The van der Waals surface area contributed by atoms with Crippen LogP contribution in [-0.2, 0) is 4.74 Å². The smallest absolute Gasteiger partial charge is 0.407 e. The van der Waals surface area contributed by atoms with Crippen molar-refractivity contribution in [2.45, 2.75) is 58.8 Å². The number of aryl methyl sites for hydroxylation is 2. The lowest BCUT2D eigenvalue weighted by Crippen LogP contribution is -2.34. The first kappa shape index (κ1) is 19.9. The van der Waals surface area contributed by atoms with Crippen molar-refractivity contribution in [1.29, 1.82) is 0 Å². The minimum Gasteiger partial charge on any atom is -0.444 e. The predicted octanol–water partition coefficient (Wildman–Crippen LogP) is 3.38. The van der Waals surface area contributed by atoms with E-state index in [-0.39, 0.29) is 13.0 Å². The Kier molecular flexibility index (Phi) is 7.04. The second kappa shape index (κ2) is 8.13. The lowest BCUT2D eigenvalue weighted by Gasteiger charge is -2.23. The van der Waals surface area contributed by atoms with E-state index >= 15 is 0 Å². The molecule has 0 aliphatic heterocycles. The van der Waals surface area contributed by atoms with Crippen molar-refractivity contribution in [3.05, 3.63) is 33.3 Å². The summed E-state index contributed by atoms with van der Waals surface area (Å²) < 4.78 is 6.05. The molecule has 0 spiro atoms. The Bertz CT molecular complexity index is 531. The molecule has 0 saturated carbocycles. The predicted molar refractivity (Wildman–Crippen MR) is 93.4 cm³/mol. The number of benzene rings is 1. The molecular formula is C17H26BrNO4. The molecule has 3 N–H and O–H groups in total. The number of hydrogen-bond donors (Lipinski definition) is 3. The minimum atomic E-state index is -0.997. The summed E-state index contributed by atoms with van der Waals surface area (Å²) in [5, 5.41) is 23.1. The van der Waals surface area contributed by atoms with E-state index in [2.05, 4.69) is 21.2 Å². The Morgan fingerprint density at radius 3 is 2.26 bits per heavy atom. The van der Waals surface area contributed by atoms with Crippen LogP contribution >= 0.6 is 15.9 Å². The van der Waals surface area contributed by atoms with Crippen LogP contribution < -0.4 is 5.32 Å². The van der Waals surface area contributed by atoms with Crippen LogP contribution in [0.2, 0.25) is 0 Å². The summed E-state index contributed by atoms with van der Waals surface area (Å²) in [7, 11) is 0. The number of ether oxygens (including phenoxy) is 1. The zero-order valence-corrected chi connectivity index (χ0v) is 15.9. The summed E-state index contributed by atoms with van der Waals surface area (Å²) in [5.41, 5.74) is 1.97. The van der Waals surface area contributed by atoms with E-state index in [1.807, 2.05) is 26.0 Å². The van der Waals surface area contributed by atoms with E-state index in [9.17, 15) is 15.0 Å². The summed E-state index contributed by atoms with van der Waals surface area (Å²) in [5.74, 6) is 0. The van der Waals surface area contributed by atoms with Crippen LogP contribution in [0.15, 0.2) is 16.6 Å². The minimum absolute atomic E-state index is 0.224. The number of aliphatic hydroxyl groups is 2. The summed E-state index contributed by atoms with van der Waals surface area (Å²) >= 11 is 3.41. The molecule has 0 fully saturated rings. The fourth-order valence-corrected chi connectivity index (χ4v) is 3.06. The molecule has 0 aromatic heterocycles. The van der Waals surface area contributed by atoms with E-state index in [0.717, 1.165) is 21.2 Å². The summed E-state index contributed by atoms with van der Waals surface area (Å²) in [6.07, 6.45) is -2.27. The highest BCUT2D eigenvalue weighted by atomic mass is 79.9. The van der Waals surface area contributed by atoms with Crippen LogP contribution in [0.1, 0.15) is 50.0 Å². The highest BCUT2D eigenvalue weighted by Crippen LogP contribution is 2.28. The fraction of sp³-hybridized carbons (Fsp3) is 0.588. The lowest BCUT2D eigenvalue weighted by molar-refractivity contribution is 0.0116. The maximum atomic E-state index is 11.5. The molecule has 23 heavy (non-hydrogen) atoms. The van der Waals surface area contributed by atoms with Gasteiger partial charge in [0, 0.05) is 11.0 Å². The van der Waals surface area contributed by atoms with Crippen LogP contribution in [0, 0.1) is 13.8 Å². The second-order valence-electron chi connectivity index (χ2n) is 6.68. The Hall–Kier alpha value is -1.11. The largest absolute Gasteiger partial charge is 0.444 e. The zero-order chi connectivity index (χ0) is 17.8. The number of rotatable bonds is 5. The molecule has 2 atom stereocenters. The molecule has 6 heteroatoms. The van der Waals surface area contributed by atoms with Crippen LogP contribution in [-0.4, -0.2) is 34.6 Å². The molecule has 1 rings (SSSR count). The maximum absolute atomic E-state index is 11.5. The van der Waals surface area contributed by atoms with E-state index in [0.29, 0.717) is 0 Å². The quantitative estimate of drug-likeness (QED) is 0.723. The van der Waals surface area contributed by atoms with Crippen LogP contribution in [0.25, 0.3) is 0 Å². The first-order valence-corrected chi connectivity index (χ1v) is 8.40. The third-order valence-corrected chi connectivity index (χ3v) is 3.78. The molecule has 5 nitrogen and oxygen atoms in total.